The SMILES string of the molecule is Nc1nc2nc(-c3ccc(F)c(Cl)c3)[nH]c2c(=O)[nH]1. The number of aromatic nitrogens is 4. The predicted molar refractivity (Wildman–Crippen MR) is 69.3 cm³/mol. The summed E-state index contributed by atoms with van der Waals surface area (Å²) in [6.07, 6.45) is 0. The number of imidazole rings is 1. The smallest absolute Gasteiger partial charge is 0.278 e. The lowest BCUT2D eigenvalue weighted by Gasteiger charge is -1.98. The van der Waals surface area contributed by atoms with E-state index < -0.39 is 11.4 Å². The van der Waals surface area contributed by atoms with Crippen LogP contribution < -0.4 is 11.3 Å². The summed E-state index contributed by atoms with van der Waals surface area (Å²) in [7, 11) is 0. The molecule has 0 unspecified atom stereocenters. The molecule has 4 N–H and O–H groups in total. The van der Waals surface area contributed by atoms with Crippen LogP contribution in [-0.4, -0.2) is 19.9 Å². The van der Waals surface area contributed by atoms with Gasteiger partial charge in [0.2, 0.25) is 5.95 Å². The molecule has 0 spiro atoms. The minimum atomic E-state index is -0.526. The fourth-order valence-corrected chi connectivity index (χ4v) is 1.88. The van der Waals surface area contributed by atoms with E-state index in [4.69, 9.17) is 17.3 Å². The summed E-state index contributed by atoms with van der Waals surface area (Å²) in [6.45, 7) is 0. The fourth-order valence-electron chi connectivity index (χ4n) is 1.70. The number of nitrogens with zero attached hydrogens (tertiary/aromatic N) is 2. The fraction of sp³-hybridized carbons (Fsp3) is 0. The Morgan fingerprint density at radius 1 is 1.26 bits per heavy atom. The Bertz CT molecular complexity index is 841. The van der Waals surface area contributed by atoms with E-state index in [-0.39, 0.29) is 22.1 Å². The molecule has 96 valence electrons. The predicted octanol–water partition coefficient (Wildman–Crippen LogP) is 1.69. The first-order valence-corrected chi connectivity index (χ1v) is 5.63. The molecule has 0 aliphatic heterocycles. The maximum absolute atomic E-state index is 13.1. The lowest BCUT2D eigenvalue weighted by molar-refractivity contribution is 0.628. The molecule has 0 radical (unpaired) electrons. The van der Waals surface area contributed by atoms with E-state index in [1.54, 1.807) is 0 Å². The third-order valence-corrected chi connectivity index (χ3v) is 2.86. The molecule has 6 nitrogen and oxygen atoms in total. The Hall–Kier alpha value is -2.41. The van der Waals surface area contributed by atoms with Gasteiger partial charge in [-0.2, -0.15) is 4.98 Å². The van der Waals surface area contributed by atoms with E-state index in [2.05, 4.69) is 19.9 Å². The number of nitrogen functional groups attached to an aromatic ring is 1. The number of benzene rings is 1. The van der Waals surface area contributed by atoms with Crippen molar-refractivity contribution in [2.45, 2.75) is 0 Å². The van der Waals surface area contributed by atoms with Crippen molar-refractivity contribution in [2.24, 2.45) is 0 Å². The van der Waals surface area contributed by atoms with Gasteiger partial charge in [-0.25, -0.2) is 9.37 Å². The van der Waals surface area contributed by atoms with Crippen LogP contribution >= 0.6 is 11.6 Å². The number of halogens is 2. The largest absolute Gasteiger partial charge is 0.369 e. The van der Waals surface area contributed by atoms with E-state index in [0.29, 0.717) is 11.4 Å². The molecule has 2 heterocycles. The molecule has 0 saturated carbocycles. The van der Waals surface area contributed by atoms with Crippen LogP contribution in [0.5, 0.6) is 0 Å². The van der Waals surface area contributed by atoms with Crippen LogP contribution in [0.4, 0.5) is 10.3 Å². The first-order valence-electron chi connectivity index (χ1n) is 5.25. The van der Waals surface area contributed by atoms with Gasteiger partial charge in [0.25, 0.3) is 5.56 Å². The monoisotopic (exact) mass is 279 g/mol. The Labute approximate surface area is 110 Å². The van der Waals surface area contributed by atoms with Gasteiger partial charge in [-0.05, 0) is 18.2 Å². The molecular formula is C11H7ClFN5O. The van der Waals surface area contributed by atoms with E-state index in [1.807, 2.05) is 0 Å². The maximum Gasteiger partial charge on any atom is 0.278 e. The zero-order valence-electron chi connectivity index (χ0n) is 9.37. The van der Waals surface area contributed by atoms with Crippen LogP contribution in [0, 0.1) is 5.82 Å². The number of hydrogen-bond acceptors (Lipinski definition) is 4. The van der Waals surface area contributed by atoms with Crippen molar-refractivity contribution in [3.8, 4) is 11.4 Å². The van der Waals surface area contributed by atoms with E-state index in [9.17, 15) is 9.18 Å². The van der Waals surface area contributed by atoms with E-state index in [0.717, 1.165) is 0 Å². The molecule has 0 amide bonds. The number of nitrogens with two attached hydrogens (primary N) is 1. The van der Waals surface area contributed by atoms with Gasteiger partial charge in [0.05, 0.1) is 5.02 Å². The zero-order valence-corrected chi connectivity index (χ0v) is 10.1. The average molecular weight is 280 g/mol. The standard InChI is InChI=1S/C11H7ClFN5O/c12-5-3-4(1-2-6(5)13)8-15-7-9(16-8)17-11(14)18-10(7)19/h1-3H,(H4,14,15,16,17,18,19). The highest BCUT2D eigenvalue weighted by molar-refractivity contribution is 6.31. The zero-order chi connectivity index (χ0) is 13.6. The number of fused-ring (bicyclic) bond motifs is 1. The van der Waals surface area contributed by atoms with Gasteiger partial charge in [0, 0.05) is 5.56 Å². The van der Waals surface area contributed by atoms with Crippen LogP contribution in [-0.2, 0) is 0 Å². The minimum absolute atomic E-state index is 0.0207. The summed E-state index contributed by atoms with van der Waals surface area (Å²) in [4.78, 5) is 24.8. The van der Waals surface area contributed by atoms with Gasteiger partial charge in [0.15, 0.2) is 11.2 Å². The molecule has 0 fully saturated rings. The lowest BCUT2D eigenvalue weighted by Crippen LogP contribution is -2.10. The summed E-state index contributed by atoms with van der Waals surface area (Å²) in [5, 5.41) is -0.0284. The van der Waals surface area contributed by atoms with Gasteiger partial charge in [-0.3, -0.25) is 9.78 Å². The number of H-pyrrole nitrogens is 2. The number of aromatic amines is 2. The Balaban J connectivity index is 2.23. The summed E-state index contributed by atoms with van der Waals surface area (Å²) >= 11 is 5.70. The second-order valence-electron chi connectivity index (χ2n) is 3.86. The van der Waals surface area contributed by atoms with Crippen molar-refractivity contribution in [2.75, 3.05) is 5.73 Å². The second-order valence-corrected chi connectivity index (χ2v) is 4.27. The number of hydrogen-bond donors (Lipinski definition) is 3. The number of anilines is 1. The molecule has 1 aromatic carbocycles. The topological polar surface area (TPSA) is 100 Å². The maximum atomic E-state index is 13.1. The first kappa shape index (κ1) is 11.7. The summed E-state index contributed by atoms with van der Waals surface area (Å²) in [6, 6.07) is 4.12. The molecule has 0 aliphatic carbocycles. The van der Waals surface area contributed by atoms with Crippen molar-refractivity contribution < 1.29 is 4.39 Å². The Morgan fingerprint density at radius 3 is 2.79 bits per heavy atom. The third kappa shape index (κ3) is 1.93. The minimum Gasteiger partial charge on any atom is -0.369 e. The summed E-state index contributed by atoms with van der Waals surface area (Å²) < 4.78 is 13.1. The first-order chi connectivity index (χ1) is 9.04. The van der Waals surface area contributed by atoms with Crippen LogP contribution in [0.2, 0.25) is 5.02 Å². The summed E-state index contributed by atoms with van der Waals surface area (Å²) in [5.41, 5.74) is 5.94. The van der Waals surface area contributed by atoms with Crippen molar-refractivity contribution in [1.29, 1.82) is 0 Å². The molecule has 8 heteroatoms. The van der Waals surface area contributed by atoms with E-state index >= 15 is 0 Å². The molecule has 0 bridgehead atoms. The molecule has 0 aliphatic rings. The molecular weight excluding hydrogens is 273 g/mol. The second kappa shape index (κ2) is 4.06. The quantitative estimate of drug-likeness (QED) is 0.631. The van der Waals surface area contributed by atoms with Crippen LogP contribution in [0.15, 0.2) is 23.0 Å². The van der Waals surface area contributed by atoms with Gasteiger partial charge in [0.1, 0.15) is 11.6 Å². The lowest BCUT2D eigenvalue weighted by atomic mass is 10.2. The van der Waals surface area contributed by atoms with Gasteiger partial charge in [-0.1, -0.05) is 11.6 Å². The van der Waals surface area contributed by atoms with Gasteiger partial charge < -0.3 is 10.7 Å². The van der Waals surface area contributed by atoms with Crippen LogP contribution in [0.25, 0.3) is 22.6 Å². The van der Waals surface area contributed by atoms with Gasteiger partial charge in [-0.15, -0.1) is 0 Å². The highest BCUT2D eigenvalue weighted by Crippen LogP contribution is 2.23. The Kier molecular flexibility index (Phi) is 2.49. The molecule has 19 heavy (non-hydrogen) atoms. The number of nitrogens with one attached hydrogen (secondary N) is 2. The molecule has 2 aromatic heterocycles. The highest BCUT2D eigenvalue weighted by atomic mass is 35.5. The highest BCUT2D eigenvalue weighted by Gasteiger charge is 2.11. The molecule has 0 saturated heterocycles. The number of rotatable bonds is 1. The molecule has 0 atom stereocenters. The van der Waals surface area contributed by atoms with Gasteiger partial charge >= 0.3 is 0 Å². The molecule has 3 aromatic rings. The third-order valence-electron chi connectivity index (χ3n) is 2.57. The van der Waals surface area contributed by atoms with Crippen LogP contribution in [0.3, 0.4) is 0 Å². The normalized spacial score (nSPS) is 11.1. The van der Waals surface area contributed by atoms with Crippen molar-refractivity contribution >= 4 is 28.7 Å². The van der Waals surface area contributed by atoms with Crippen molar-refractivity contribution in [3.63, 3.8) is 0 Å². The van der Waals surface area contributed by atoms with E-state index in [1.165, 1.54) is 18.2 Å². The van der Waals surface area contributed by atoms with Crippen LogP contribution in [0.1, 0.15) is 0 Å². The molecule has 3 rings (SSSR count). The van der Waals surface area contributed by atoms with Crippen molar-refractivity contribution in [3.05, 3.63) is 39.4 Å². The Morgan fingerprint density at radius 2 is 2.05 bits per heavy atom. The van der Waals surface area contributed by atoms with Crippen molar-refractivity contribution in [1.82, 2.24) is 19.9 Å². The summed E-state index contributed by atoms with van der Waals surface area (Å²) in [5.74, 6) is -0.185. The average Bonchev–Trinajstić information content (AvgIpc) is 2.76.